The van der Waals surface area contributed by atoms with Crippen LogP contribution in [-0.4, -0.2) is 32.3 Å². The maximum absolute atomic E-state index is 11.6. The van der Waals surface area contributed by atoms with Crippen LogP contribution in [0.1, 0.15) is 11.3 Å². The zero-order valence-corrected chi connectivity index (χ0v) is 11.2. The first-order chi connectivity index (χ1) is 10.4. The highest BCUT2D eigenvalue weighted by Gasteiger charge is 2.04. The van der Waals surface area contributed by atoms with Crippen molar-refractivity contribution in [3.63, 3.8) is 0 Å². The number of aromatic hydroxyl groups is 2. The number of hydrazone groups is 1. The molecule has 9 nitrogen and oxygen atoms in total. The van der Waals surface area contributed by atoms with Crippen LogP contribution in [0, 0.1) is 0 Å². The van der Waals surface area contributed by atoms with Gasteiger partial charge in [-0.3, -0.25) is 14.6 Å². The zero-order valence-electron chi connectivity index (χ0n) is 11.2. The lowest BCUT2D eigenvalue weighted by Gasteiger charge is -2.00. The van der Waals surface area contributed by atoms with Gasteiger partial charge in [-0.2, -0.15) is 5.10 Å². The molecule has 0 bridgehead atoms. The average Bonchev–Trinajstić information content (AvgIpc) is 2.41. The number of hydrogen-bond acceptors (Lipinski definition) is 6. The van der Waals surface area contributed by atoms with Crippen LogP contribution >= 0.6 is 0 Å². The fraction of sp³-hybridized carbons (Fsp3) is 0.0769. The Hall–Kier alpha value is -3.36. The van der Waals surface area contributed by atoms with E-state index in [4.69, 9.17) is 5.11 Å². The Balaban J connectivity index is 1.97. The van der Waals surface area contributed by atoms with Gasteiger partial charge in [0.1, 0.15) is 0 Å². The highest BCUT2D eigenvalue weighted by atomic mass is 16.3. The van der Waals surface area contributed by atoms with Gasteiger partial charge in [0.05, 0.1) is 12.6 Å². The zero-order chi connectivity index (χ0) is 16.1. The predicted molar refractivity (Wildman–Crippen MR) is 76.9 cm³/mol. The summed E-state index contributed by atoms with van der Waals surface area (Å²) >= 11 is 0. The van der Waals surface area contributed by atoms with Gasteiger partial charge < -0.3 is 15.2 Å². The van der Waals surface area contributed by atoms with Gasteiger partial charge in [0, 0.05) is 11.8 Å². The largest absolute Gasteiger partial charge is 0.504 e. The molecule has 0 radical (unpaired) electrons. The van der Waals surface area contributed by atoms with Crippen molar-refractivity contribution in [2.24, 2.45) is 5.10 Å². The smallest absolute Gasteiger partial charge is 0.325 e. The van der Waals surface area contributed by atoms with Gasteiger partial charge in [0.2, 0.25) is 5.91 Å². The van der Waals surface area contributed by atoms with E-state index < -0.39 is 17.2 Å². The SMILES string of the molecule is O=C(Cc1cc(=O)[nH]c(=O)[nH]1)NN=Cc1ccc(O)c(O)c1. The average molecular weight is 304 g/mol. The number of H-pyrrole nitrogens is 2. The molecule has 1 amide bonds. The summed E-state index contributed by atoms with van der Waals surface area (Å²) in [4.78, 5) is 38.0. The van der Waals surface area contributed by atoms with Crippen molar-refractivity contribution >= 4 is 12.1 Å². The minimum atomic E-state index is -0.696. The van der Waals surface area contributed by atoms with Gasteiger partial charge in [0.25, 0.3) is 5.56 Å². The van der Waals surface area contributed by atoms with E-state index in [1.807, 2.05) is 4.98 Å². The Labute approximate surface area is 123 Å². The van der Waals surface area contributed by atoms with E-state index in [1.165, 1.54) is 24.4 Å². The summed E-state index contributed by atoms with van der Waals surface area (Å²) in [6, 6.07) is 5.13. The number of aromatic nitrogens is 2. The predicted octanol–water partition coefficient (Wildman–Crippen LogP) is -0.833. The van der Waals surface area contributed by atoms with E-state index in [-0.39, 0.29) is 23.6 Å². The van der Waals surface area contributed by atoms with Gasteiger partial charge in [-0.25, -0.2) is 10.2 Å². The Morgan fingerprint density at radius 1 is 1.18 bits per heavy atom. The van der Waals surface area contributed by atoms with Crippen LogP contribution in [0.4, 0.5) is 0 Å². The van der Waals surface area contributed by atoms with E-state index in [0.717, 1.165) is 6.07 Å². The standard InChI is InChI=1S/C13H12N4O5/c18-9-2-1-7(3-10(9)19)6-14-17-12(21)5-8-4-11(20)16-13(22)15-8/h1-4,6,18-19H,5H2,(H,17,21)(H2,15,16,20,22). The van der Waals surface area contributed by atoms with E-state index in [2.05, 4.69) is 15.5 Å². The molecule has 0 spiro atoms. The van der Waals surface area contributed by atoms with Gasteiger partial charge in [0.15, 0.2) is 11.5 Å². The van der Waals surface area contributed by atoms with E-state index in [1.54, 1.807) is 0 Å². The Bertz CT molecular complexity index is 809. The molecule has 0 aliphatic carbocycles. The van der Waals surface area contributed by atoms with Crippen molar-refractivity contribution < 1.29 is 15.0 Å². The summed E-state index contributed by atoms with van der Waals surface area (Å²) < 4.78 is 0. The monoisotopic (exact) mass is 304 g/mol. The lowest BCUT2D eigenvalue weighted by molar-refractivity contribution is -0.120. The first-order valence-corrected chi connectivity index (χ1v) is 6.10. The number of phenols is 2. The number of phenolic OH excluding ortho intramolecular Hbond substituents is 2. The maximum atomic E-state index is 11.6. The minimum absolute atomic E-state index is 0.156. The third-order valence-corrected chi connectivity index (χ3v) is 2.57. The van der Waals surface area contributed by atoms with E-state index in [9.17, 15) is 19.5 Å². The van der Waals surface area contributed by atoms with Gasteiger partial charge in [-0.05, 0) is 23.8 Å². The van der Waals surface area contributed by atoms with Crippen LogP contribution in [0.25, 0.3) is 0 Å². The number of nitrogens with zero attached hydrogens (tertiary/aromatic N) is 1. The fourth-order valence-electron chi connectivity index (χ4n) is 1.63. The van der Waals surface area contributed by atoms with Crippen LogP contribution < -0.4 is 16.7 Å². The third-order valence-electron chi connectivity index (χ3n) is 2.57. The summed E-state index contributed by atoms with van der Waals surface area (Å²) in [5.74, 6) is -1.11. The Kier molecular flexibility index (Phi) is 4.37. The molecule has 2 rings (SSSR count). The summed E-state index contributed by atoms with van der Waals surface area (Å²) in [7, 11) is 0. The van der Waals surface area contributed by atoms with E-state index in [0.29, 0.717) is 5.56 Å². The number of aromatic amines is 2. The summed E-state index contributed by atoms with van der Waals surface area (Å²) in [6.07, 6.45) is 1.04. The highest BCUT2D eigenvalue weighted by molar-refractivity contribution is 5.83. The number of nitrogens with one attached hydrogen (secondary N) is 3. The molecular weight excluding hydrogens is 292 g/mol. The van der Waals surface area contributed by atoms with Gasteiger partial charge >= 0.3 is 5.69 Å². The number of amides is 1. The normalized spacial score (nSPS) is 10.7. The molecule has 9 heteroatoms. The topological polar surface area (TPSA) is 148 Å². The second kappa shape index (κ2) is 6.39. The summed E-state index contributed by atoms with van der Waals surface area (Å²) in [5, 5.41) is 22.1. The molecule has 1 heterocycles. The molecule has 0 aliphatic heterocycles. The molecule has 5 N–H and O–H groups in total. The third kappa shape index (κ3) is 4.07. The number of carbonyl (C=O) groups is 1. The molecule has 0 unspecified atom stereocenters. The van der Waals surface area contributed by atoms with Crippen LogP contribution in [0.2, 0.25) is 0 Å². The first kappa shape index (κ1) is 15.0. The lowest BCUT2D eigenvalue weighted by Crippen LogP contribution is -2.26. The van der Waals surface area contributed by atoms with Gasteiger partial charge in [-0.1, -0.05) is 0 Å². The van der Waals surface area contributed by atoms with Crippen LogP contribution in [0.3, 0.4) is 0 Å². The number of benzene rings is 1. The number of hydrogen-bond donors (Lipinski definition) is 5. The van der Waals surface area contributed by atoms with Crippen molar-refractivity contribution in [3.05, 3.63) is 56.4 Å². The van der Waals surface area contributed by atoms with Crippen LogP contribution in [0.15, 0.2) is 39.0 Å². The summed E-state index contributed by atoms with van der Waals surface area (Å²) in [6.45, 7) is 0. The molecule has 0 saturated heterocycles. The minimum Gasteiger partial charge on any atom is -0.504 e. The van der Waals surface area contributed by atoms with Crippen molar-refractivity contribution in [2.45, 2.75) is 6.42 Å². The Morgan fingerprint density at radius 2 is 1.95 bits per heavy atom. The molecule has 0 saturated carbocycles. The van der Waals surface area contributed by atoms with Gasteiger partial charge in [-0.15, -0.1) is 0 Å². The van der Waals surface area contributed by atoms with Crippen molar-refractivity contribution in [1.82, 2.24) is 15.4 Å². The number of rotatable bonds is 4. The van der Waals surface area contributed by atoms with Crippen molar-refractivity contribution in [2.75, 3.05) is 0 Å². The quantitative estimate of drug-likeness (QED) is 0.284. The molecule has 0 atom stereocenters. The van der Waals surface area contributed by atoms with Crippen molar-refractivity contribution in [3.8, 4) is 11.5 Å². The van der Waals surface area contributed by atoms with Crippen molar-refractivity contribution in [1.29, 1.82) is 0 Å². The molecule has 114 valence electrons. The maximum Gasteiger partial charge on any atom is 0.325 e. The first-order valence-electron chi connectivity index (χ1n) is 6.10. The highest BCUT2D eigenvalue weighted by Crippen LogP contribution is 2.23. The second-order valence-electron chi connectivity index (χ2n) is 4.33. The molecule has 1 aromatic carbocycles. The molecule has 0 fully saturated rings. The Morgan fingerprint density at radius 3 is 2.64 bits per heavy atom. The fourth-order valence-corrected chi connectivity index (χ4v) is 1.63. The van der Waals surface area contributed by atoms with Crippen LogP contribution in [-0.2, 0) is 11.2 Å². The van der Waals surface area contributed by atoms with E-state index >= 15 is 0 Å². The molecule has 22 heavy (non-hydrogen) atoms. The number of carbonyl (C=O) groups excluding carboxylic acids is 1. The summed E-state index contributed by atoms with van der Waals surface area (Å²) in [5.41, 5.74) is 1.52. The molecule has 2 aromatic rings. The molecule has 0 aliphatic rings. The molecule has 1 aromatic heterocycles. The van der Waals surface area contributed by atoms with Crippen LogP contribution in [0.5, 0.6) is 11.5 Å². The second-order valence-corrected chi connectivity index (χ2v) is 4.33. The molecular formula is C13H12N4O5. The lowest BCUT2D eigenvalue weighted by atomic mass is 10.2.